The van der Waals surface area contributed by atoms with Gasteiger partial charge in [0.05, 0.1) is 10.6 Å². The van der Waals surface area contributed by atoms with Crippen LogP contribution in [0.1, 0.15) is 30.1 Å². The number of benzene rings is 2. The summed E-state index contributed by atoms with van der Waals surface area (Å²) in [5.74, 6) is -0.413. The molecule has 31 heavy (non-hydrogen) atoms. The Hall–Kier alpha value is -2.46. The Morgan fingerprint density at radius 1 is 1.06 bits per heavy atom. The lowest BCUT2D eigenvalue weighted by molar-refractivity contribution is 0.0438. The van der Waals surface area contributed by atoms with Gasteiger partial charge >= 0.3 is 5.97 Å². The second-order valence-electron chi connectivity index (χ2n) is 6.32. The van der Waals surface area contributed by atoms with Crippen molar-refractivity contribution in [3.63, 3.8) is 0 Å². The molecule has 0 N–H and O–H groups in total. The molecule has 0 amide bonds. The zero-order chi connectivity index (χ0) is 22.6. The molecule has 3 aromatic rings. The van der Waals surface area contributed by atoms with Gasteiger partial charge in [0.1, 0.15) is 4.90 Å². The molecule has 0 saturated heterocycles. The second-order valence-corrected chi connectivity index (χ2v) is 9.07. The average Bonchev–Trinajstić information content (AvgIpc) is 3.22. The summed E-state index contributed by atoms with van der Waals surface area (Å²) in [5.41, 5.74) is 0.700. The maximum atomic E-state index is 12.8. The molecule has 0 atom stereocenters. The maximum absolute atomic E-state index is 12.8. The normalized spacial score (nSPS) is 11.6. The molecular weight excluding hydrogens is 465 g/mol. The molecule has 0 spiro atoms. The van der Waals surface area contributed by atoms with E-state index in [1.165, 1.54) is 22.5 Å². The Balaban J connectivity index is 1.74. The highest BCUT2D eigenvalue weighted by molar-refractivity contribution is 7.89. The molecule has 0 unspecified atom stereocenters. The third-order valence-electron chi connectivity index (χ3n) is 4.37. The number of nitrogens with zero attached hydrogens (tertiary/aromatic N) is 3. The number of rotatable bonds is 8. The van der Waals surface area contributed by atoms with E-state index in [0.29, 0.717) is 10.6 Å². The van der Waals surface area contributed by atoms with Crippen LogP contribution >= 0.6 is 23.2 Å². The van der Waals surface area contributed by atoms with Crippen molar-refractivity contribution in [1.29, 1.82) is 0 Å². The number of carbonyl (C=O) groups is 1. The highest BCUT2D eigenvalue weighted by Gasteiger charge is 2.26. The van der Waals surface area contributed by atoms with Gasteiger partial charge in [-0.3, -0.25) is 0 Å². The fourth-order valence-electron chi connectivity index (χ4n) is 2.76. The van der Waals surface area contributed by atoms with E-state index in [2.05, 4.69) is 10.2 Å². The first-order valence-corrected chi connectivity index (χ1v) is 11.5. The van der Waals surface area contributed by atoms with Gasteiger partial charge in [-0.2, -0.15) is 4.31 Å². The first-order valence-electron chi connectivity index (χ1n) is 9.31. The average molecular weight is 484 g/mol. The van der Waals surface area contributed by atoms with E-state index in [4.69, 9.17) is 32.4 Å². The maximum Gasteiger partial charge on any atom is 0.338 e. The highest BCUT2D eigenvalue weighted by Crippen LogP contribution is 2.26. The van der Waals surface area contributed by atoms with Gasteiger partial charge in [-0.1, -0.05) is 37.0 Å². The van der Waals surface area contributed by atoms with Crippen LogP contribution in [0.3, 0.4) is 0 Å². The van der Waals surface area contributed by atoms with Crippen LogP contribution in [-0.4, -0.2) is 42.0 Å². The molecule has 0 aliphatic carbocycles. The predicted molar refractivity (Wildman–Crippen MR) is 115 cm³/mol. The third-order valence-corrected chi connectivity index (χ3v) is 7.16. The Morgan fingerprint density at radius 2 is 1.74 bits per heavy atom. The van der Waals surface area contributed by atoms with E-state index >= 15 is 0 Å². The molecule has 1 heterocycles. The van der Waals surface area contributed by atoms with E-state index in [0.717, 1.165) is 0 Å². The van der Waals surface area contributed by atoms with Gasteiger partial charge in [0, 0.05) is 23.7 Å². The van der Waals surface area contributed by atoms with Crippen molar-refractivity contribution in [1.82, 2.24) is 14.5 Å². The summed E-state index contributed by atoms with van der Waals surface area (Å²) in [6, 6.07) is 10.7. The van der Waals surface area contributed by atoms with Crippen LogP contribution < -0.4 is 0 Å². The molecule has 2 aromatic carbocycles. The molecule has 1 aromatic heterocycles. The standard InChI is InChI=1S/C20H19Cl2N3O5S/c1-3-25(4-2)31(27,28)17-11-14(7-10-16(17)22)20(26)29-12-18-23-24-19(30-18)13-5-8-15(21)9-6-13/h5-11H,3-4,12H2,1-2H3. The van der Waals surface area contributed by atoms with Crippen LogP contribution in [0.2, 0.25) is 10.0 Å². The molecule has 0 bridgehead atoms. The largest absolute Gasteiger partial charge is 0.452 e. The van der Waals surface area contributed by atoms with Crippen molar-refractivity contribution in [2.75, 3.05) is 13.1 Å². The summed E-state index contributed by atoms with van der Waals surface area (Å²) in [6.45, 7) is 3.71. The van der Waals surface area contributed by atoms with Crippen LogP contribution in [0.15, 0.2) is 51.8 Å². The first-order chi connectivity index (χ1) is 14.8. The topological polar surface area (TPSA) is 103 Å². The minimum absolute atomic E-state index is 0.0213. The zero-order valence-electron chi connectivity index (χ0n) is 16.7. The molecule has 11 heteroatoms. The minimum atomic E-state index is -3.84. The molecule has 164 valence electrons. The number of aromatic nitrogens is 2. The van der Waals surface area contributed by atoms with Gasteiger partial charge in [-0.25, -0.2) is 13.2 Å². The lowest BCUT2D eigenvalue weighted by Gasteiger charge is -2.19. The molecule has 0 radical (unpaired) electrons. The van der Waals surface area contributed by atoms with E-state index < -0.39 is 16.0 Å². The number of hydrogen-bond donors (Lipinski definition) is 0. The quantitative estimate of drug-likeness (QED) is 0.436. The van der Waals surface area contributed by atoms with Crippen molar-refractivity contribution in [2.45, 2.75) is 25.3 Å². The summed E-state index contributed by atoms with van der Waals surface area (Å²) >= 11 is 11.9. The fraction of sp³-hybridized carbons (Fsp3) is 0.250. The Kier molecular flexibility index (Phi) is 7.32. The Bertz CT molecular complexity index is 1180. The van der Waals surface area contributed by atoms with Crippen LogP contribution in [0.4, 0.5) is 0 Å². The highest BCUT2D eigenvalue weighted by atomic mass is 35.5. The Labute approximate surface area is 189 Å². The number of hydrogen-bond acceptors (Lipinski definition) is 7. The lowest BCUT2D eigenvalue weighted by Crippen LogP contribution is -2.31. The minimum Gasteiger partial charge on any atom is -0.452 e. The van der Waals surface area contributed by atoms with Crippen LogP contribution in [0.5, 0.6) is 0 Å². The summed E-state index contributed by atoms with van der Waals surface area (Å²) < 4.78 is 37.5. The van der Waals surface area contributed by atoms with Crippen molar-refractivity contribution in [2.24, 2.45) is 0 Å². The zero-order valence-corrected chi connectivity index (χ0v) is 19.0. The van der Waals surface area contributed by atoms with E-state index in [1.807, 2.05) is 0 Å². The molecule has 0 aliphatic heterocycles. The van der Waals surface area contributed by atoms with Gasteiger partial charge in [0.15, 0.2) is 6.61 Å². The molecule has 0 fully saturated rings. The first kappa shape index (κ1) is 23.2. The molecule has 0 aliphatic rings. The summed E-state index contributed by atoms with van der Waals surface area (Å²) in [5, 5.41) is 8.35. The molecular formula is C20H19Cl2N3O5S. The van der Waals surface area contributed by atoms with Gasteiger partial charge in [0.2, 0.25) is 15.9 Å². The SMILES string of the molecule is CCN(CC)S(=O)(=O)c1cc(C(=O)OCc2nnc(-c3ccc(Cl)cc3)o2)ccc1Cl. The van der Waals surface area contributed by atoms with E-state index in [-0.39, 0.29) is 47.0 Å². The fourth-order valence-corrected chi connectivity index (χ4v) is 4.85. The van der Waals surface area contributed by atoms with Crippen molar-refractivity contribution in [3.8, 4) is 11.5 Å². The van der Waals surface area contributed by atoms with Gasteiger partial charge in [-0.05, 0) is 42.5 Å². The van der Waals surface area contributed by atoms with Gasteiger partial charge < -0.3 is 9.15 Å². The summed E-state index contributed by atoms with van der Waals surface area (Å²) in [7, 11) is -3.84. The Morgan fingerprint density at radius 3 is 2.39 bits per heavy atom. The summed E-state index contributed by atoms with van der Waals surface area (Å²) in [4.78, 5) is 12.3. The molecule has 0 saturated carbocycles. The second kappa shape index (κ2) is 9.78. The monoisotopic (exact) mass is 483 g/mol. The van der Waals surface area contributed by atoms with E-state index in [9.17, 15) is 13.2 Å². The number of sulfonamides is 1. The van der Waals surface area contributed by atoms with Crippen molar-refractivity contribution < 1.29 is 22.4 Å². The number of halogens is 2. The van der Waals surface area contributed by atoms with Gasteiger partial charge in [-0.15, -0.1) is 10.2 Å². The summed E-state index contributed by atoms with van der Waals surface area (Å²) in [6.07, 6.45) is 0. The molecule has 3 rings (SSSR count). The number of esters is 1. The number of ether oxygens (including phenoxy) is 1. The van der Waals surface area contributed by atoms with Gasteiger partial charge in [0.25, 0.3) is 5.89 Å². The van der Waals surface area contributed by atoms with Crippen LogP contribution in [0.25, 0.3) is 11.5 Å². The van der Waals surface area contributed by atoms with Crippen molar-refractivity contribution >= 4 is 39.2 Å². The number of carbonyl (C=O) groups excluding carboxylic acids is 1. The van der Waals surface area contributed by atoms with Crippen LogP contribution in [-0.2, 0) is 21.4 Å². The predicted octanol–water partition coefficient (Wildman–Crippen LogP) is 4.43. The lowest BCUT2D eigenvalue weighted by atomic mass is 10.2. The van der Waals surface area contributed by atoms with Crippen molar-refractivity contribution in [3.05, 3.63) is 64.0 Å². The van der Waals surface area contributed by atoms with E-state index in [1.54, 1.807) is 38.1 Å². The smallest absolute Gasteiger partial charge is 0.338 e. The van der Waals surface area contributed by atoms with Crippen LogP contribution in [0, 0.1) is 0 Å². The third kappa shape index (κ3) is 5.24. The molecule has 8 nitrogen and oxygen atoms in total.